The monoisotopic (exact) mass is 305 g/mol. The van der Waals surface area contributed by atoms with Gasteiger partial charge >= 0.3 is 0 Å². The third-order valence-electron chi connectivity index (χ3n) is 4.70. The molecule has 0 saturated carbocycles. The largest absolute Gasteiger partial charge is 0.322 e. The van der Waals surface area contributed by atoms with Crippen molar-refractivity contribution in [2.24, 2.45) is 0 Å². The molecule has 4 heterocycles. The fourth-order valence-electron chi connectivity index (χ4n) is 3.58. The minimum absolute atomic E-state index is 0.490. The van der Waals surface area contributed by atoms with Crippen molar-refractivity contribution in [3.05, 3.63) is 60.2 Å². The highest BCUT2D eigenvalue weighted by atomic mass is 15.3. The van der Waals surface area contributed by atoms with Gasteiger partial charge in [-0.25, -0.2) is 0 Å². The number of fused-ring (bicyclic) bond motifs is 1. The molecular weight excluding hydrogens is 286 g/mol. The molecule has 1 fully saturated rings. The van der Waals surface area contributed by atoms with E-state index in [9.17, 15) is 5.26 Å². The molecule has 0 bridgehead atoms. The fourth-order valence-corrected chi connectivity index (χ4v) is 3.58. The van der Waals surface area contributed by atoms with Gasteiger partial charge in [-0.3, -0.25) is 9.58 Å². The molecule has 0 N–H and O–H groups in total. The van der Waals surface area contributed by atoms with Crippen molar-refractivity contribution in [3.63, 3.8) is 0 Å². The third-order valence-corrected chi connectivity index (χ3v) is 4.70. The maximum atomic E-state index is 9.56. The van der Waals surface area contributed by atoms with Crippen LogP contribution in [0.2, 0.25) is 0 Å². The Morgan fingerprint density at radius 3 is 3.04 bits per heavy atom. The van der Waals surface area contributed by atoms with Crippen molar-refractivity contribution in [2.45, 2.75) is 32.0 Å². The van der Waals surface area contributed by atoms with Gasteiger partial charge in [0.25, 0.3) is 0 Å². The minimum Gasteiger partial charge on any atom is -0.322 e. The zero-order valence-corrected chi connectivity index (χ0v) is 13.0. The number of likely N-dealkylation sites (tertiary alicyclic amines) is 1. The summed E-state index contributed by atoms with van der Waals surface area (Å²) < 4.78 is 4.05. The Bertz CT molecular complexity index is 840. The van der Waals surface area contributed by atoms with Crippen molar-refractivity contribution < 1.29 is 0 Å². The number of rotatable bonds is 4. The zero-order valence-electron chi connectivity index (χ0n) is 13.0. The zero-order chi connectivity index (χ0) is 15.6. The van der Waals surface area contributed by atoms with Crippen LogP contribution in [0.15, 0.2) is 49.1 Å². The first-order chi connectivity index (χ1) is 11.3. The van der Waals surface area contributed by atoms with Gasteiger partial charge in [-0.15, -0.1) is 0 Å². The van der Waals surface area contributed by atoms with E-state index >= 15 is 0 Å². The van der Waals surface area contributed by atoms with Crippen molar-refractivity contribution in [1.82, 2.24) is 19.1 Å². The molecule has 1 aliphatic rings. The van der Waals surface area contributed by atoms with Crippen molar-refractivity contribution in [1.29, 1.82) is 5.26 Å². The Kier molecular flexibility index (Phi) is 3.60. The standard InChI is InChI=1S/C18H19N5/c19-11-17-15(13-22-8-2-1-6-18(17)22)12-21-9-3-5-16(21)14-23-10-4-7-20-23/h1-2,4,6-8,10,13,16H,3,5,9,12,14H2/t16-/m1/s1. The molecule has 0 unspecified atom stereocenters. The van der Waals surface area contributed by atoms with Crippen LogP contribution >= 0.6 is 0 Å². The van der Waals surface area contributed by atoms with E-state index in [1.807, 2.05) is 51.9 Å². The van der Waals surface area contributed by atoms with Gasteiger partial charge in [-0.1, -0.05) is 6.07 Å². The average Bonchev–Trinajstić information content (AvgIpc) is 3.28. The summed E-state index contributed by atoms with van der Waals surface area (Å²) in [5.41, 5.74) is 2.91. The highest BCUT2D eigenvalue weighted by molar-refractivity contribution is 5.65. The van der Waals surface area contributed by atoms with E-state index in [0.29, 0.717) is 6.04 Å². The number of hydrogen-bond acceptors (Lipinski definition) is 3. The second-order valence-electron chi connectivity index (χ2n) is 6.13. The number of aromatic nitrogens is 3. The van der Waals surface area contributed by atoms with E-state index in [-0.39, 0.29) is 0 Å². The summed E-state index contributed by atoms with van der Waals surface area (Å²) >= 11 is 0. The van der Waals surface area contributed by atoms with Gasteiger partial charge in [0.2, 0.25) is 0 Å². The van der Waals surface area contributed by atoms with E-state index in [0.717, 1.165) is 36.3 Å². The fraction of sp³-hybridized carbons (Fsp3) is 0.333. The molecule has 0 radical (unpaired) electrons. The number of nitriles is 1. The summed E-state index contributed by atoms with van der Waals surface area (Å²) in [7, 11) is 0. The van der Waals surface area contributed by atoms with Gasteiger partial charge in [0.1, 0.15) is 6.07 Å². The van der Waals surface area contributed by atoms with Crippen LogP contribution in [-0.4, -0.2) is 31.7 Å². The van der Waals surface area contributed by atoms with E-state index < -0.39 is 0 Å². The van der Waals surface area contributed by atoms with Gasteiger partial charge in [0.15, 0.2) is 0 Å². The molecule has 0 amide bonds. The van der Waals surface area contributed by atoms with Gasteiger partial charge in [0.05, 0.1) is 17.6 Å². The Morgan fingerprint density at radius 2 is 2.22 bits per heavy atom. The lowest BCUT2D eigenvalue weighted by atomic mass is 10.1. The maximum absolute atomic E-state index is 9.56. The van der Waals surface area contributed by atoms with Crippen LogP contribution in [0.1, 0.15) is 24.0 Å². The first-order valence-electron chi connectivity index (χ1n) is 8.05. The van der Waals surface area contributed by atoms with Crippen LogP contribution in [0.4, 0.5) is 0 Å². The number of nitrogens with zero attached hydrogens (tertiary/aromatic N) is 5. The van der Waals surface area contributed by atoms with E-state index in [4.69, 9.17) is 0 Å². The summed E-state index contributed by atoms with van der Waals surface area (Å²) in [5.74, 6) is 0. The van der Waals surface area contributed by atoms with Crippen LogP contribution in [0.3, 0.4) is 0 Å². The Labute approximate surface area is 135 Å². The highest BCUT2D eigenvalue weighted by Gasteiger charge is 2.26. The summed E-state index contributed by atoms with van der Waals surface area (Å²) in [6, 6.07) is 10.8. The summed E-state index contributed by atoms with van der Waals surface area (Å²) in [6.45, 7) is 2.84. The Balaban J connectivity index is 1.58. The number of pyridine rings is 1. The topological polar surface area (TPSA) is 49.3 Å². The smallest absolute Gasteiger partial charge is 0.102 e. The molecule has 116 valence electrons. The Hall–Kier alpha value is -2.58. The maximum Gasteiger partial charge on any atom is 0.102 e. The van der Waals surface area contributed by atoms with Crippen molar-refractivity contribution in [2.75, 3.05) is 6.54 Å². The first-order valence-corrected chi connectivity index (χ1v) is 8.05. The molecule has 0 spiro atoms. The molecule has 0 aromatic carbocycles. The molecule has 23 heavy (non-hydrogen) atoms. The molecular formula is C18H19N5. The predicted molar refractivity (Wildman–Crippen MR) is 87.8 cm³/mol. The van der Waals surface area contributed by atoms with E-state index in [1.54, 1.807) is 0 Å². The average molecular weight is 305 g/mol. The second-order valence-corrected chi connectivity index (χ2v) is 6.13. The molecule has 3 aromatic heterocycles. The molecule has 4 rings (SSSR count). The third kappa shape index (κ3) is 2.62. The summed E-state index contributed by atoms with van der Waals surface area (Å²) in [6.07, 6.45) is 10.3. The molecule has 1 atom stereocenters. The second kappa shape index (κ2) is 5.90. The van der Waals surface area contributed by atoms with E-state index in [2.05, 4.69) is 22.3 Å². The van der Waals surface area contributed by atoms with Crippen LogP contribution in [0.25, 0.3) is 5.52 Å². The van der Waals surface area contributed by atoms with Crippen LogP contribution in [-0.2, 0) is 13.1 Å². The molecule has 0 aliphatic carbocycles. The van der Waals surface area contributed by atoms with E-state index in [1.165, 1.54) is 12.8 Å². The lowest BCUT2D eigenvalue weighted by Crippen LogP contribution is -2.32. The van der Waals surface area contributed by atoms with Crippen molar-refractivity contribution in [3.8, 4) is 6.07 Å². The molecule has 1 saturated heterocycles. The van der Waals surface area contributed by atoms with Gasteiger partial charge in [-0.05, 0) is 37.6 Å². The molecule has 3 aromatic rings. The van der Waals surface area contributed by atoms with Crippen LogP contribution < -0.4 is 0 Å². The molecule has 5 heteroatoms. The van der Waals surface area contributed by atoms with Gasteiger partial charge < -0.3 is 4.40 Å². The summed E-state index contributed by atoms with van der Waals surface area (Å²) in [4.78, 5) is 2.48. The summed E-state index contributed by atoms with van der Waals surface area (Å²) in [5, 5.41) is 13.9. The van der Waals surface area contributed by atoms with Crippen molar-refractivity contribution >= 4 is 5.52 Å². The SMILES string of the molecule is N#Cc1c(CN2CCC[C@@H]2Cn2cccn2)cn2ccccc12. The minimum atomic E-state index is 0.490. The van der Waals surface area contributed by atoms with Gasteiger partial charge in [-0.2, -0.15) is 10.4 Å². The number of hydrogen-bond donors (Lipinski definition) is 0. The van der Waals surface area contributed by atoms with Crippen LogP contribution in [0, 0.1) is 11.3 Å². The first kappa shape index (κ1) is 14.0. The quantitative estimate of drug-likeness (QED) is 0.744. The lowest BCUT2D eigenvalue weighted by molar-refractivity contribution is 0.219. The lowest BCUT2D eigenvalue weighted by Gasteiger charge is -2.24. The predicted octanol–water partition coefficient (Wildman–Crippen LogP) is 2.67. The normalized spacial score (nSPS) is 18.5. The van der Waals surface area contributed by atoms with Crippen LogP contribution in [0.5, 0.6) is 0 Å². The highest BCUT2D eigenvalue weighted by Crippen LogP contribution is 2.25. The van der Waals surface area contributed by atoms with Gasteiger partial charge in [0, 0.05) is 42.9 Å². The Morgan fingerprint density at radius 1 is 1.26 bits per heavy atom. The molecule has 5 nitrogen and oxygen atoms in total. The molecule has 1 aliphatic heterocycles.